The van der Waals surface area contributed by atoms with E-state index >= 15 is 0 Å². The minimum absolute atomic E-state index is 0.257. The van der Waals surface area contributed by atoms with Gasteiger partial charge in [0, 0.05) is 18.8 Å². The molecule has 2 aromatic carbocycles. The third kappa shape index (κ3) is 3.61. The van der Waals surface area contributed by atoms with Crippen molar-refractivity contribution >= 4 is 15.4 Å². The summed E-state index contributed by atoms with van der Waals surface area (Å²) in [6.45, 7) is 2.37. The molecule has 2 aromatic rings. The van der Waals surface area contributed by atoms with Crippen LogP contribution in [0.1, 0.15) is 17.5 Å². The maximum atomic E-state index is 11.7. The number of sulfone groups is 1. The highest BCUT2D eigenvalue weighted by Gasteiger charge is 2.34. The van der Waals surface area contributed by atoms with Crippen LogP contribution >= 0.6 is 0 Å². The molecule has 2 heterocycles. The quantitative estimate of drug-likeness (QED) is 0.831. The van der Waals surface area contributed by atoms with Gasteiger partial charge in [-0.15, -0.1) is 0 Å². The lowest BCUT2D eigenvalue weighted by Crippen LogP contribution is -2.53. The van der Waals surface area contributed by atoms with Gasteiger partial charge in [0.2, 0.25) is 0 Å². The molecule has 2 unspecified atom stereocenters. The normalized spacial score (nSPS) is 23.5. The van der Waals surface area contributed by atoms with Gasteiger partial charge in [0.15, 0.2) is 9.84 Å². The standard InChI is InChI=1S/C21H23NO3S/c1-26(23,24)21-9-7-17(8-10-21)18-11-19-14-25-15-20(12-18)22(19)13-16-5-3-2-4-6-16/h2-11,19-20H,12-15H2,1H3. The third-order valence-corrected chi connectivity index (χ3v) is 6.33. The van der Waals surface area contributed by atoms with Crippen molar-refractivity contribution in [2.45, 2.75) is 29.9 Å². The van der Waals surface area contributed by atoms with Gasteiger partial charge in [-0.25, -0.2) is 8.42 Å². The van der Waals surface area contributed by atoms with Crippen LogP contribution in [0.4, 0.5) is 0 Å². The minimum atomic E-state index is -3.16. The average molecular weight is 369 g/mol. The fraction of sp³-hybridized carbons (Fsp3) is 0.333. The van der Waals surface area contributed by atoms with Gasteiger partial charge in [-0.2, -0.15) is 0 Å². The predicted octanol–water partition coefficient (Wildman–Crippen LogP) is 3.15. The molecule has 0 radical (unpaired) electrons. The van der Waals surface area contributed by atoms with Gasteiger partial charge in [0.1, 0.15) is 0 Å². The third-order valence-electron chi connectivity index (χ3n) is 5.20. The topological polar surface area (TPSA) is 46.6 Å². The number of morpholine rings is 1. The van der Waals surface area contributed by atoms with Crippen LogP contribution in [0.15, 0.2) is 65.6 Å². The Bertz CT molecular complexity index is 904. The molecule has 1 saturated heterocycles. The number of fused-ring (bicyclic) bond motifs is 2. The molecule has 26 heavy (non-hydrogen) atoms. The van der Waals surface area contributed by atoms with E-state index in [1.807, 2.05) is 18.2 Å². The van der Waals surface area contributed by atoms with E-state index in [1.54, 1.807) is 12.1 Å². The Morgan fingerprint density at radius 3 is 2.42 bits per heavy atom. The van der Waals surface area contributed by atoms with Crippen LogP contribution in [0.5, 0.6) is 0 Å². The second-order valence-electron chi connectivity index (χ2n) is 7.11. The van der Waals surface area contributed by atoms with Crippen molar-refractivity contribution < 1.29 is 13.2 Å². The first-order chi connectivity index (χ1) is 12.5. The zero-order valence-corrected chi connectivity index (χ0v) is 15.7. The molecule has 0 aromatic heterocycles. The van der Waals surface area contributed by atoms with Crippen LogP contribution in [0.3, 0.4) is 0 Å². The number of rotatable bonds is 4. The summed E-state index contributed by atoms with van der Waals surface area (Å²) in [4.78, 5) is 2.89. The molecule has 136 valence electrons. The first-order valence-corrected chi connectivity index (χ1v) is 10.8. The van der Waals surface area contributed by atoms with E-state index in [-0.39, 0.29) is 6.04 Å². The van der Waals surface area contributed by atoms with E-state index in [0.717, 1.165) is 25.1 Å². The molecule has 0 aliphatic carbocycles. The van der Waals surface area contributed by atoms with E-state index in [4.69, 9.17) is 4.74 Å². The molecule has 0 saturated carbocycles. The Balaban J connectivity index is 1.58. The van der Waals surface area contributed by atoms with Crippen molar-refractivity contribution in [2.75, 3.05) is 19.5 Å². The van der Waals surface area contributed by atoms with Crippen LogP contribution in [0.2, 0.25) is 0 Å². The second kappa shape index (κ2) is 6.99. The fourth-order valence-electron chi connectivity index (χ4n) is 3.83. The molecule has 2 aliphatic rings. The molecule has 2 bridgehead atoms. The van der Waals surface area contributed by atoms with Gasteiger partial charge in [-0.3, -0.25) is 4.90 Å². The molecular weight excluding hydrogens is 346 g/mol. The van der Waals surface area contributed by atoms with Crippen LogP contribution in [-0.4, -0.2) is 44.9 Å². The van der Waals surface area contributed by atoms with Crippen molar-refractivity contribution in [1.29, 1.82) is 0 Å². The van der Waals surface area contributed by atoms with Crippen molar-refractivity contribution in [1.82, 2.24) is 4.90 Å². The lowest BCUT2D eigenvalue weighted by atomic mass is 9.89. The monoisotopic (exact) mass is 369 g/mol. The van der Waals surface area contributed by atoms with Gasteiger partial charge in [0.05, 0.1) is 24.2 Å². The second-order valence-corrected chi connectivity index (χ2v) is 9.12. The molecule has 5 heteroatoms. The Morgan fingerprint density at radius 1 is 1.04 bits per heavy atom. The van der Waals surface area contributed by atoms with Crippen LogP contribution < -0.4 is 0 Å². The van der Waals surface area contributed by atoms with Crippen molar-refractivity contribution in [3.05, 3.63) is 71.8 Å². The minimum Gasteiger partial charge on any atom is -0.378 e. The summed E-state index contributed by atoms with van der Waals surface area (Å²) < 4.78 is 29.1. The lowest BCUT2D eigenvalue weighted by Gasteiger charge is -2.44. The number of benzene rings is 2. The molecule has 4 nitrogen and oxygen atoms in total. The lowest BCUT2D eigenvalue weighted by molar-refractivity contribution is -0.0402. The smallest absolute Gasteiger partial charge is 0.175 e. The maximum Gasteiger partial charge on any atom is 0.175 e. The number of ether oxygens (including phenoxy) is 1. The van der Waals surface area contributed by atoms with E-state index < -0.39 is 9.84 Å². The van der Waals surface area contributed by atoms with Gasteiger partial charge in [-0.1, -0.05) is 48.5 Å². The number of hydrogen-bond donors (Lipinski definition) is 0. The fourth-order valence-corrected chi connectivity index (χ4v) is 4.46. The molecule has 0 N–H and O–H groups in total. The van der Waals surface area contributed by atoms with Gasteiger partial charge >= 0.3 is 0 Å². The highest BCUT2D eigenvalue weighted by Crippen LogP contribution is 2.33. The van der Waals surface area contributed by atoms with Crippen molar-refractivity contribution in [2.24, 2.45) is 0 Å². The summed E-state index contributed by atoms with van der Waals surface area (Å²) in [5, 5.41) is 0. The summed E-state index contributed by atoms with van der Waals surface area (Å²) in [6, 6.07) is 18.4. The Labute approximate surface area is 155 Å². The summed E-state index contributed by atoms with van der Waals surface area (Å²) >= 11 is 0. The SMILES string of the molecule is CS(=O)(=O)c1ccc(C2=CC3COCC(C2)N3Cc2ccccc2)cc1. The maximum absolute atomic E-state index is 11.7. The number of hydrogen-bond acceptors (Lipinski definition) is 4. The molecule has 0 spiro atoms. The van der Waals surface area contributed by atoms with Crippen LogP contribution in [-0.2, 0) is 21.1 Å². The highest BCUT2D eigenvalue weighted by molar-refractivity contribution is 7.90. The van der Waals surface area contributed by atoms with E-state index in [9.17, 15) is 8.42 Å². The van der Waals surface area contributed by atoms with Gasteiger partial charge < -0.3 is 4.74 Å². The van der Waals surface area contributed by atoms with Gasteiger partial charge in [0.25, 0.3) is 0 Å². The largest absolute Gasteiger partial charge is 0.378 e. The molecular formula is C21H23NO3S. The van der Waals surface area contributed by atoms with Crippen LogP contribution in [0.25, 0.3) is 5.57 Å². The summed E-state index contributed by atoms with van der Waals surface area (Å²) in [7, 11) is -3.16. The molecule has 2 atom stereocenters. The van der Waals surface area contributed by atoms with E-state index in [1.165, 1.54) is 17.4 Å². The van der Waals surface area contributed by atoms with Gasteiger partial charge in [-0.05, 0) is 35.3 Å². The number of nitrogens with zero attached hydrogens (tertiary/aromatic N) is 1. The first kappa shape index (κ1) is 17.5. The van der Waals surface area contributed by atoms with Crippen LogP contribution in [0, 0.1) is 0 Å². The van der Waals surface area contributed by atoms with E-state index in [0.29, 0.717) is 17.5 Å². The molecule has 1 fully saturated rings. The Morgan fingerprint density at radius 2 is 1.77 bits per heavy atom. The molecule has 4 rings (SSSR count). The zero-order valence-electron chi connectivity index (χ0n) is 14.8. The average Bonchev–Trinajstić information content (AvgIpc) is 2.62. The summed E-state index contributed by atoms with van der Waals surface area (Å²) in [6.07, 6.45) is 4.45. The Hall–Kier alpha value is -1.95. The van der Waals surface area contributed by atoms with Crippen molar-refractivity contribution in [3.63, 3.8) is 0 Å². The molecule has 0 amide bonds. The Kier molecular flexibility index (Phi) is 4.69. The van der Waals surface area contributed by atoms with E-state index in [2.05, 4.69) is 35.2 Å². The first-order valence-electron chi connectivity index (χ1n) is 8.89. The zero-order chi connectivity index (χ0) is 18.1. The summed E-state index contributed by atoms with van der Waals surface area (Å²) in [5.74, 6) is 0. The molecule has 2 aliphatic heterocycles. The summed E-state index contributed by atoms with van der Waals surface area (Å²) in [5.41, 5.74) is 3.71. The highest BCUT2D eigenvalue weighted by atomic mass is 32.2. The van der Waals surface area contributed by atoms with Crippen molar-refractivity contribution in [3.8, 4) is 0 Å². The predicted molar refractivity (Wildman–Crippen MR) is 103 cm³/mol.